The maximum atomic E-state index is 12.2. The van der Waals surface area contributed by atoms with Gasteiger partial charge in [0.2, 0.25) is 0 Å². The summed E-state index contributed by atoms with van der Waals surface area (Å²) in [6.07, 6.45) is 3.79. The molecule has 0 unspecified atom stereocenters. The number of para-hydroxylation sites is 1. The molecule has 1 N–H and O–H groups in total. The zero-order valence-electron chi connectivity index (χ0n) is 13.4. The lowest BCUT2D eigenvalue weighted by molar-refractivity contribution is 0.415. The molecule has 0 bridgehead atoms. The first-order chi connectivity index (χ1) is 12.2. The Balaban J connectivity index is 1.73. The van der Waals surface area contributed by atoms with Gasteiger partial charge >= 0.3 is 0 Å². The van der Waals surface area contributed by atoms with Crippen molar-refractivity contribution in [2.24, 2.45) is 0 Å². The predicted molar refractivity (Wildman–Crippen MR) is 104 cm³/mol. The lowest BCUT2D eigenvalue weighted by Crippen LogP contribution is -2.19. The molecule has 2 aromatic carbocycles. The summed E-state index contributed by atoms with van der Waals surface area (Å²) >= 11 is 3.03. The molecule has 0 aliphatic heterocycles. The third kappa shape index (κ3) is 3.40. The second-order valence-corrected chi connectivity index (χ2v) is 7.51. The van der Waals surface area contributed by atoms with Crippen molar-refractivity contribution in [2.75, 3.05) is 7.11 Å². The minimum absolute atomic E-state index is 0.0896. The summed E-state index contributed by atoms with van der Waals surface area (Å²) in [5.41, 5.74) is 1.84. The molecule has 0 amide bonds. The molecule has 0 saturated heterocycles. The highest BCUT2D eigenvalue weighted by Crippen LogP contribution is 2.21. The van der Waals surface area contributed by atoms with Crippen LogP contribution in [0.1, 0.15) is 10.6 Å². The lowest BCUT2D eigenvalue weighted by atomic mass is 10.2. The summed E-state index contributed by atoms with van der Waals surface area (Å²) in [6.45, 7) is 0. The number of nitrogens with one attached hydrogen (secondary N) is 1. The number of fused-ring (bicyclic) bond motifs is 1. The normalized spacial score (nSPS) is 12.8. The minimum Gasteiger partial charge on any atom is -0.497 e. The number of methoxy groups -OCH3 is 1. The van der Waals surface area contributed by atoms with Crippen molar-refractivity contribution in [1.82, 2.24) is 9.97 Å². The van der Waals surface area contributed by atoms with Crippen molar-refractivity contribution >= 4 is 45.0 Å². The summed E-state index contributed by atoms with van der Waals surface area (Å²) in [6, 6.07) is 15.6. The zero-order chi connectivity index (χ0) is 17.2. The summed E-state index contributed by atoms with van der Waals surface area (Å²) in [4.78, 5) is 19.7. The van der Waals surface area contributed by atoms with E-state index in [2.05, 4.69) is 9.97 Å². The molecular formula is C19H14N2O2S2. The Morgan fingerprint density at radius 1 is 1.04 bits per heavy atom. The molecule has 2 heterocycles. The van der Waals surface area contributed by atoms with Crippen LogP contribution in [-0.4, -0.2) is 17.1 Å². The standard InChI is InChI=1S/C19H14N2O2S2/c1-23-13-8-6-12(7-9-13)10-16-19(22)21-18(25-16)11-17-20-14-4-2-3-5-15(14)24-17/h2-11H,1H3,(H,21,22)/b16-10-,18-11+. The van der Waals surface area contributed by atoms with Gasteiger partial charge in [-0.25, -0.2) is 4.98 Å². The number of hydrogen-bond acceptors (Lipinski definition) is 5. The van der Waals surface area contributed by atoms with Gasteiger partial charge in [-0.15, -0.1) is 22.7 Å². The summed E-state index contributed by atoms with van der Waals surface area (Å²) < 4.78 is 7.74. The van der Waals surface area contributed by atoms with Gasteiger partial charge in [0.1, 0.15) is 10.8 Å². The summed E-state index contributed by atoms with van der Waals surface area (Å²) in [5, 5.41) is 0.884. The maximum absolute atomic E-state index is 12.2. The number of aromatic amines is 1. The third-order valence-electron chi connectivity index (χ3n) is 3.66. The molecule has 124 valence electrons. The van der Waals surface area contributed by atoms with Crippen molar-refractivity contribution in [3.63, 3.8) is 0 Å². The number of ether oxygens (including phenoxy) is 1. The number of benzene rings is 2. The second-order valence-electron chi connectivity index (χ2n) is 5.37. The second kappa shape index (κ2) is 6.66. The van der Waals surface area contributed by atoms with E-state index >= 15 is 0 Å². The van der Waals surface area contributed by atoms with E-state index in [9.17, 15) is 4.79 Å². The number of aromatic nitrogens is 2. The Hall–Kier alpha value is -2.70. The monoisotopic (exact) mass is 366 g/mol. The number of hydrogen-bond donors (Lipinski definition) is 1. The van der Waals surface area contributed by atoms with E-state index in [0.29, 0.717) is 4.53 Å². The SMILES string of the molecule is COc1ccc(/C=c2\s/c(=C/c3nc4ccccc4s3)[nH]c2=O)cc1. The summed E-state index contributed by atoms with van der Waals surface area (Å²) in [7, 11) is 1.63. The number of thiazole rings is 2. The molecule has 25 heavy (non-hydrogen) atoms. The smallest absolute Gasteiger partial charge is 0.266 e. The first-order valence-electron chi connectivity index (χ1n) is 7.63. The molecule has 2 aromatic heterocycles. The van der Waals surface area contributed by atoms with E-state index in [1.165, 1.54) is 11.3 Å². The van der Waals surface area contributed by atoms with Crippen LogP contribution in [0.2, 0.25) is 0 Å². The highest BCUT2D eigenvalue weighted by atomic mass is 32.1. The molecule has 0 radical (unpaired) electrons. The number of nitrogens with zero attached hydrogens (tertiary/aromatic N) is 1. The fraction of sp³-hybridized carbons (Fsp3) is 0.0526. The van der Waals surface area contributed by atoms with Gasteiger partial charge in [0.25, 0.3) is 5.56 Å². The highest BCUT2D eigenvalue weighted by Gasteiger charge is 2.01. The molecular weight excluding hydrogens is 352 g/mol. The van der Waals surface area contributed by atoms with Crippen LogP contribution in [0.15, 0.2) is 53.3 Å². The maximum Gasteiger partial charge on any atom is 0.266 e. The third-order valence-corrected chi connectivity index (χ3v) is 5.61. The van der Waals surface area contributed by atoms with Crippen LogP contribution in [0, 0.1) is 0 Å². The van der Waals surface area contributed by atoms with Crippen LogP contribution in [-0.2, 0) is 0 Å². The van der Waals surface area contributed by atoms with E-state index in [4.69, 9.17) is 4.74 Å². The van der Waals surface area contributed by atoms with Gasteiger partial charge in [-0.1, -0.05) is 24.3 Å². The van der Waals surface area contributed by atoms with Crippen molar-refractivity contribution in [3.05, 3.63) is 78.7 Å². The molecule has 4 nitrogen and oxygen atoms in total. The van der Waals surface area contributed by atoms with E-state index in [0.717, 1.165) is 31.2 Å². The fourth-order valence-corrected chi connectivity index (χ4v) is 4.32. The molecule has 0 fully saturated rings. The van der Waals surface area contributed by atoms with Crippen LogP contribution in [0.25, 0.3) is 22.4 Å². The molecule has 0 atom stereocenters. The Bertz CT molecular complexity index is 1170. The predicted octanol–water partition coefficient (Wildman–Crippen LogP) is 2.71. The minimum atomic E-state index is -0.0896. The van der Waals surface area contributed by atoms with Crippen molar-refractivity contribution in [2.45, 2.75) is 0 Å². The van der Waals surface area contributed by atoms with Crippen LogP contribution >= 0.6 is 22.7 Å². The van der Waals surface area contributed by atoms with Gasteiger partial charge in [0.05, 0.1) is 26.5 Å². The number of rotatable bonds is 3. The van der Waals surface area contributed by atoms with Crippen molar-refractivity contribution in [3.8, 4) is 5.75 Å². The van der Waals surface area contributed by atoms with Gasteiger partial charge in [-0.3, -0.25) is 4.79 Å². The molecule has 4 aromatic rings. The topological polar surface area (TPSA) is 55.0 Å². The Labute approximate surface area is 151 Å². The van der Waals surface area contributed by atoms with E-state index in [-0.39, 0.29) is 5.56 Å². The zero-order valence-corrected chi connectivity index (χ0v) is 15.0. The first-order valence-corrected chi connectivity index (χ1v) is 9.27. The van der Waals surface area contributed by atoms with Crippen molar-refractivity contribution < 1.29 is 4.74 Å². The van der Waals surface area contributed by atoms with Gasteiger partial charge in [0.15, 0.2) is 0 Å². The van der Waals surface area contributed by atoms with Crippen molar-refractivity contribution in [1.29, 1.82) is 0 Å². The van der Waals surface area contributed by atoms with E-state index in [1.54, 1.807) is 18.4 Å². The van der Waals surface area contributed by atoms with E-state index in [1.807, 2.05) is 60.7 Å². The summed E-state index contributed by atoms with van der Waals surface area (Å²) in [5.74, 6) is 0.794. The van der Waals surface area contributed by atoms with Gasteiger partial charge in [0, 0.05) is 6.08 Å². The highest BCUT2D eigenvalue weighted by molar-refractivity contribution is 7.19. The van der Waals surface area contributed by atoms with Crippen LogP contribution in [0.4, 0.5) is 0 Å². The Morgan fingerprint density at radius 2 is 1.84 bits per heavy atom. The fourth-order valence-electron chi connectivity index (χ4n) is 2.44. The van der Waals surface area contributed by atoms with Crippen LogP contribution in [0.5, 0.6) is 5.75 Å². The average molecular weight is 366 g/mol. The average Bonchev–Trinajstić information content (AvgIpc) is 3.18. The first kappa shape index (κ1) is 15.8. The molecule has 6 heteroatoms. The largest absolute Gasteiger partial charge is 0.497 e. The molecule has 0 saturated carbocycles. The quantitative estimate of drug-likeness (QED) is 0.607. The molecule has 4 rings (SSSR count). The molecule has 0 aliphatic carbocycles. The van der Waals surface area contributed by atoms with Gasteiger partial charge in [-0.05, 0) is 35.9 Å². The Kier molecular flexibility index (Phi) is 4.21. The van der Waals surface area contributed by atoms with E-state index < -0.39 is 0 Å². The Morgan fingerprint density at radius 3 is 2.60 bits per heavy atom. The molecule has 0 aliphatic rings. The van der Waals surface area contributed by atoms with Crippen LogP contribution < -0.4 is 19.5 Å². The number of H-pyrrole nitrogens is 1. The molecule has 0 spiro atoms. The van der Waals surface area contributed by atoms with Gasteiger partial charge < -0.3 is 9.72 Å². The van der Waals surface area contributed by atoms with Gasteiger partial charge in [-0.2, -0.15) is 0 Å². The van der Waals surface area contributed by atoms with Crippen LogP contribution in [0.3, 0.4) is 0 Å². The lowest BCUT2D eigenvalue weighted by Gasteiger charge is -1.98.